The first kappa shape index (κ1) is 17.3. The Morgan fingerprint density at radius 2 is 1.96 bits per heavy atom. The van der Waals surface area contributed by atoms with Gasteiger partial charge in [0.1, 0.15) is 5.82 Å². The summed E-state index contributed by atoms with van der Waals surface area (Å²) in [4.78, 5) is 43.1. The maximum atomic E-state index is 12.0. The molecule has 3 N–H and O–H groups in total. The van der Waals surface area contributed by atoms with Gasteiger partial charge in [0.25, 0.3) is 11.5 Å². The molecule has 0 spiro atoms. The maximum Gasteiger partial charge on any atom is 0.279 e. The molecule has 0 aliphatic carbocycles. The predicted octanol–water partition coefficient (Wildman–Crippen LogP) is 2.14. The molecule has 0 aliphatic rings. The smallest absolute Gasteiger partial charge is 0.279 e. The van der Waals surface area contributed by atoms with Crippen molar-refractivity contribution in [2.24, 2.45) is 0 Å². The van der Waals surface area contributed by atoms with Gasteiger partial charge in [-0.05, 0) is 40.2 Å². The first-order valence-corrected chi connectivity index (χ1v) is 8.96. The first-order valence-electron chi connectivity index (χ1n) is 7.35. The van der Waals surface area contributed by atoms with Crippen molar-refractivity contribution >= 4 is 50.0 Å². The number of carbonyl (C=O) groups is 2. The molecule has 0 atom stereocenters. The number of H-pyrrole nitrogens is 1. The van der Waals surface area contributed by atoms with Crippen molar-refractivity contribution in [3.63, 3.8) is 0 Å². The van der Waals surface area contributed by atoms with Crippen LogP contribution in [0.4, 0.5) is 0 Å². The van der Waals surface area contributed by atoms with Crippen LogP contribution in [0.25, 0.3) is 10.9 Å². The SMILES string of the molecule is O=C(CCc1nc2ccccc2c(=O)[nH]1)NNC(=O)c1ccc(Br)s1. The molecule has 0 saturated carbocycles. The van der Waals surface area contributed by atoms with Crippen LogP contribution in [0.1, 0.15) is 21.9 Å². The highest BCUT2D eigenvalue weighted by molar-refractivity contribution is 9.11. The van der Waals surface area contributed by atoms with Gasteiger partial charge in [-0.1, -0.05) is 12.1 Å². The number of carbonyl (C=O) groups excluding carboxylic acids is 2. The van der Waals surface area contributed by atoms with Crippen LogP contribution in [0.2, 0.25) is 0 Å². The lowest BCUT2D eigenvalue weighted by atomic mass is 10.2. The van der Waals surface area contributed by atoms with Gasteiger partial charge in [0.05, 0.1) is 19.6 Å². The van der Waals surface area contributed by atoms with E-state index in [0.29, 0.717) is 21.6 Å². The van der Waals surface area contributed by atoms with Gasteiger partial charge >= 0.3 is 0 Å². The molecule has 0 saturated heterocycles. The highest BCUT2D eigenvalue weighted by Crippen LogP contribution is 2.21. The van der Waals surface area contributed by atoms with Crippen molar-refractivity contribution in [2.45, 2.75) is 12.8 Å². The Bertz CT molecular complexity index is 998. The normalized spacial score (nSPS) is 10.6. The van der Waals surface area contributed by atoms with Gasteiger partial charge < -0.3 is 4.98 Å². The number of aromatic amines is 1. The molecule has 0 unspecified atom stereocenters. The van der Waals surface area contributed by atoms with Gasteiger partial charge in [-0.25, -0.2) is 4.98 Å². The van der Waals surface area contributed by atoms with E-state index in [0.717, 1.165) is 3.79 Å². The molecule has 0 radical (unpaired) electrons. The Labute approximate surface area is 154 Å². The minimum Gasteiger partial charge on any atom is -0.310 e. The van der Waals surface area contributed by atoms with E-state index in [2.05, 4.69) is 36.7 Å². The number of hydrogen-bond donors (Lipinski definition) is 3. The van der Waals surface area contributed by atoms with E-state index >= 15 is 0 Å². The van der Waals surface area contributed by atoms with Crippen molar-refractivity contribution in [3.8, 4) is 0 Å². The molecule has 3 rings (SSSR count). The molecule has 128 valence electrons. The number of hydrogen-bond acceptors (Lipinski definition) is 5. The number of nitrogens with zero attached hydrogens (tertiary/aromatic N) is 1. The van der Waals surface area contributed by atoms with E-state index in [9.17, 15) is 14.4 Å². The molecule has 2 aromatic heterocycles. The molecule has 2 heterocycles. The topological polar surface area (TPSA) is 104 Å². The van der Waals surface area contributed by atoms with Crippen LogP contribution in [0, 0.1) is 0 Å². The largest absolute Gasteiger partial charge is 0.310 e. The molecule has 0 bridgehead atoms. The van der Waals surface area contributed by atoms with E-state index in [4.69, 9.17) is 0 Å². The van der Waals surface area contributed by atoms with Crippen molar-refractivity contribution < 1.29 is 9.59 Å². The van der Waals surface area contributed by atoms with E-state index < -0.39 is 0 Å². The Kier molecular flexibility index (Phi) is 5.25. The number of fused-ring (bicyclic) bond motifs is 1. The fourth-order valence-electron chi connectivity index (χ4n) is 2.17. The molecule has 9 heteroatoms. The van der Waals surface area contributed by atoms with Crippen LogP contribution in [0.5, 0.6) is 0 Å². The third-order valence-electron chi connectivity index (χ3n) is 3.36. The molecule has 2 amide bonds. The average molecular weight is 421 g/mol. The summed E-state index contributed by atoms with van der Waals surface area (Å²) in [6, 6.07) is 10.4. The number of para-hydroxylation sites is 1. The zero-order chi connectivity index (χ0) is 17.8. The van der Waals surface area contributed by atoms with Gasteiger partial charge in [0, 0.05) is 12.8 Å². The summed E-state index contributed by atoms with van der Waals surface area (Å²) in [6.45, 7) is 0. The molecule has 0 aliphatic heterocycles. The second-order valence-corrected chi connectivity index (χ2v) is 7.60. The minimum absolute atomic E-state index is 0.0791. The lowest BCUT2D eigenvalue weighted by Crippen LogP contribution is -2.41. The summed E-state index contributed by atoms with van der Waals surface area (Å²) < 4.78 is 0.829. The van der Waals surface area contributed by atoms with Gasteiger partial charge in [0.2, 0.25) is 5.91 Å². The molecular formula is C16H13BrN4O3S. The molecule has 3 aromatic rings. The molecule has 7 nitrogen and oxygen atoms in total. The monoisotopic (exact) mass is 420 g/mol. The fraction of sp³-hybridized carbons (Fsp3) is 0.125. The predicted molar refractivity (Wildman–Crippen MR) is 98.3 cm³/mol. The number of amides is 2. The van der Waals surface area contributed by atoms with Crippen LogP contribution in [-0.4, -0.2) is 21.8 Å². The van der Waals surface area contributed by atoms with E-state index in [1.54, 1.807) is 36.4 Å². The maximum absolute atomic E-state index is 12.0. The third-order valence-corrected chi connectivity index (χ3v) is 4.99. The third kappa shape index (κ3) is 4.31. The van der Waals surface area contributed by atoms with Crippen molar-refractivity contribution in [1.29, 1.82) is 0 Å². The summed E-state index contributed by atoms with van der Waals surface area (Å²) in [5.41, 5.74) is 5.04. The molecule has 1 aromatic carbocycles. The summed E-state index contributed by atoms with van der Waals surface area (Å²) >= 11 is 4.53. The van der Waals surface area contributed by atoms with Crippen molar-refractivity contribution in [3.05, 3.63) is 61.2 Å². The highest BCUT2D eigenvalue weighted by atomic mass is 79.9. The van der Waals surface area contributed by atoms with E-state index in [1.165, 1.54) is 11.3 Å². The summed E-state index contributed by atoms with van der Waals surface area (Å²) in [5.74, 6) is -0.339. The number of aromatic nitrogens is 2. The fourth-order valence-corrected chi connectivity index (χ4v) is 3.45. The number of aryl methyl sites for hydroxylation is 1. The summed E-state index contributed by atoms with van der Waals surface area (Å²) in [6.07, 6.45) is 0.335. The van der Waals surface area contributed by atoms with Crippen LogP contribution >= 0.6 is 27.3 Å². The average Bonchev–Trinajstić information content (AvgIpc) is 3.04. The van der Waals surface area contributed by atoms with Gasteiger partial charge in [0.15, 0.2) is 0 Å². The number of nitrogens with one attached hydrogen (secondary N) is 3. The quantitative estimate of drug-likeness (QED) is 0.562. The second kappa shape index (κ2) is 7.58. The Balaban J connectivity index is 1.55. The van der Waals surface area contributed by atoms with Crippen LogP contribution < -0.4 is 16.4 Å². The van der Waals surface area contributed by atoms with Crippen LogP contribution in [0.15, 0.2) is 45.0 Å². The lowest BCUT2D eigenvalue weighted by Gasteiger charge is -2.06. The number of hydrazine groups is 1. The summed E-state index contributed by atoms with van der Waals surface area (Å²) in [5, 5.41) is 0.505. The second-order valence-electron chi connectivity index (χ2n) is 5.14. The number of benzene rings is 1. The van der Waals surface area contributed by atoms with E-state index in [-0.39, 0.29) is 30.2 Å². The minimum atomic E-state index is -0.388. The summed E-state index contributed by atoms with van der Waals surface area (Å²) in [7, 11) is 0. The van der Waals surface area contributed by atoms with Crippen LogP contribution in [-0.2, 0) is 11.2 Å². The first-order chi connectivity index (χ1) is 12.0. The Morgan fingerprint density at radius 1 is 1.16 bits per heavy atom. The lowest BCUT2D eigenvalue weighted by molar-refractivity contribution is -0.121. The standard InChI is InChI=1S/C16H13BrN4O3S/c17-12-6-5-11(25-12)16(24)21-20-14(22)8-7-13-18-10-4-2-1-3-9(10)15(23)19-13/h1-6H,7-8H2,(H,20,22)(H,21,24)(H,18,19,23). The van der Waals surface area contributed by atoms with Gasteiger partial charge in [-0.3, -0.25) is 25.2 Å². The molecular weight excluding hydrogens is 408 g/mol. The molecule has 25 heavy (non-hydrogen) atoms. The van der Waals surface area contributed by atoms with Gasteiger partial charge in [-0.2, -0.15) is 0 Å². The van der Waals surface area contributed by atoms with Gasteiger partial charge in [-0.15, -0.1) is 11.3 Å². The Morgan fingerprint density at radius 3 is 2.72 bits per heavy atom. The highest BCUT2D eigenvalue weighted by Gasteiger charge is 2.10. The number of thiophene rings is 1. The van der Waals surface area contributed by atoms with Crippen molar-refractivity contribution in [1.82, 2.24) is 20.8 Å². The number of halogens is 1. The van der Waals surface area contributed by atoms with Crippen molar-refractivity contribution in [2.75, 3.05) is 0 Å². The molecule has 0 fully saturated rings. The Hall–Kier alpha value is -2.52. The zero-order valence-electron chi connectivity index (χ0n) is 12.8. The zero-order valence-corrected chi connectivity index (χ0v) is 15.2. The van der Waals surface area contributed by atoms with E-state index in [1.807, 2.05) is 0 Å². The number of rotatable bonds is 4. The van der Waals surface area contributed by atoms with Crippen LogP contribution in [0.3, 0.4) is 0 Å².